The highest BCUT2D eigenvalue weighted by molar-refractivity contribution is 7.90. The summed E-state index contributed by atoms with van der Waals surface area (Å²) in [6.07, 6.45) is 0.896. The number of amides is 1. The van der Waals surface area contributed by atoms with E-state index in [-0.39, 0.29) is 10.7 Å². The first kappa shape index (κ1) is 20.5. The highest BCUT2D eigenvalue weighted by Gasteiger charge is 2.31. The molecule has 1 amide bonds. The molecule has 2 N–H and O–H groups in total. The molecule has 9 heteroatoms. The molecule has 0 saturated heterocycles. The monoisotopic (exact) mass is 415 g/mol. The minimum Gasteiger partial charge on any atom is -0.454 e. The van der Waals surface area contributed by atoms with Crippen molar-refractivity contribution in [2.24, 2.45) is 4.99 Å². The third-order valence-corrected chi connectivity index (χ3v) is 5.72. The molecular formula is C20H21N3O5S. The zero-order valence-electron chi connectivity index (χ0n) is 16.0. The van der Waals surface area contributed by atoms with Crippen LogP contribution in [-0.2, 0) is 30.8 Å². The average Bonchev–Trinajstić information content (AvgIpc) is 2.97. The standard InChI is InChI=1S/C20H21N3O5S/c1-3-14-8-10-15(11-9-14)22-18(24)12-28-20(25)13(2)21-19-16-6-4-5-7-17(16)29(26,27)23-19/h4-11,13H,3,12H2,1-2H3,(H,21,23)(H,22,24)/t13-/m0/s1. The number of fused-ring (bicyclic) bond motifs is 1. The molecule has 3 rings (SSSR count). The number of nitrogens with one attached hydrogen (secondary N) is 2. The Bertz CT molecular complexity index is 1060. The molecule has 1 atom stereocenters. The number of amidine groups is 1. The summed E-state index contributed by atoms with van der Waals surface area (Å²) in [6.45, 7) is 3.03. The van der Waals surface area contributed by atoms with Gasteiger partial charge in [0.15, 0.2) is 6.61 Å². The fraction of sp³-hybridized carbons (Fsp3) is 0.250. The number of hydrogen-bond donors (Lipinski definition) is 2. The molecule has 0 fully saturated rings. The van der Waals surface area contributed by atoms with Gasteiger partial charge in [-0.2, -0.15) is 0 Å². The second kappa shape index (κ2) is 8.44. The smallest absolute Gasteiger partial charge is 0.331 e. The van der Waals surface area contributed by atoms with Crippen molar-refractivity contribution >= 4 is 33.4 Å². The summed E-state index contributed by atoms with van der Waals surface area (Å²) in [4.78, 5) is 28.3. The molecule has 29 heavy (non-hydrogen) atoms. The van der Waals surface area contributed by atoms with Gasteiger partial charge < -0.3 is 10.1 Å². The number of carbonyl (C=O) groups excluding carboxylic acids is 2. The van der Waals surface area contributed by atoms with E-state index < -0.39 is 34.5 Å². The van der Waals surface area contributed by atoms with Crippen molar-refractivity contribution < 1.29 is 22.7 Å². The van der Waals surface area contributed by atoms with Crippen LogP contribution in [0.25, 0.3) is 0 Å². The maximum atomic E-state index is 12.2. The molecule has 0 saturated carbocycles. The van der Waals surface area contributed by atoms with Crippen molar-refractivity contribution in [3.8, 4) is 0 Å². The molecule has 0 aromatic heterocycles. The summed E-state index contributed by atoms with van der Waals surface area (Å²) in [5.41, 5.74) is 2.14. The molecule has 0 bridgehead atoms. The number of nitrogens with zero attached hydrogens (tertiary/aromatic N) is 1. The van der Waals surface area contributed by atoms with Crippen molar-refractivity contribution in [1.82, 2.24) is 4.72 Å². The van der Waals surface area contributed by atoms with Crippen LogP contribution in [0.3, 0.4) is 0 Å². The third-order valence-electron chi connectivity index (χ3n) is 4.32. The van der Waals surface area contributed by atoms with E-state index in [2.05, 4.69) is 15.0 Å². The Labute approximate surface area is 169 Å². The first-order valence-electron chi connectivity index (χ1n) is 9.05. The summed E-state index contributed by atoms with van der Waals surface area (Å²) >= 11 is 0. The van der Waals surface area contributed by atoms with Gasteiger partial charge in [0, 0.05) is 11.3 Å². The van der Waals surface area contributed by atoms with Crippen LogP contribution in [0, 0.1) is 0 Å². The lowest BCUT2D eigenvalue weighted by Gasteiger charge is -2.10. The van der Waals surface area contributed by atoms with Gasteiger partial charge in [0.1, 0.15) is 11.9 Å². The van der Waals surface area contributed by atoms with Crippen LogP contribution >= 0.6 is 0 Å². The van der Waals surface area contributed by atoms with E-state index in [1.807, 2.05) is 19.1 Å². The molecule has 152 valence electrons. The van der Waals surface area contributed by atoms with Gasteiger partial charge in [0.05, 0.1) is 4.90 Å². The molecule has 1 heterocycles. The highest BCUT2D eigenvalue weighted by atomic mass is 32.2. The Balaban J connectivity index is 1.58. The zero-order valence-corrected chi connectivity index (χ0v) is 16.8. The maximum absolute atomic E-state index is 12.2. The molecule has 1 aliphatic heterocycles. The molecule has 0 radical (unpaired) electrons. The van der Waals surface area contributed by atoms with Crippen LogP contribution in [-0.4, -0.2) is 38.8 Å². The van der Waals surface area contributed by atoms with Gasteiger partial charge >= 0.3 is 5.97 Å². The summed E-state index contributed by atoms with van der Waals surface area (Å²) in [6, 6.07) is 12.7. The number of hydrogen-bond acceptors (Lipinski definition) is 6. The van der Waals surface area contributed by atoms with Gasteiger partial charge in [-0.3, -0.25) is 14.5 Å². The normalized spacial score (nSPS) is 16.6. The number of benzene rings is 2. The van der Waals surface area contributed by atoms with Crippen LogP contribution < -0.4 is 10.0 Å². The molecular weight excluding hydrogens is 394 g/mol. The largest absolute Gasteiger partial charge is 0.454 e. The van der Waals surface area contributed by atoms with Crippen molar-refractivity contribution in [2.75, 3.05) is 11.9 Å². The minimum absolute atomic E-state index is 0.0746. The second-order valence-electron chi connectivity index (χ2n) is 6.46. The predicted molar refractivity (Wildman–Crippen MR) is 108 cm³/mol. The molecule has 2 aromatic carbocycles. The molecule has 2 aromatic rings. The Kier molecular flexibility index (Phi) is 5.97. The number of sulfonamides is 1. The fourth-order valence-electron chi connectivity index (χ4n) is 2.75. The van der Waals surface area contributed by atoms with Gasteiger partial charge in [0.25, 0.3) is 15.9 Å². The van der Waals surface area contributed by atoms with Crippen LogP contribution in [0.4, 0.5) is 5.69 Å². The quantitative estimate of drug-likeness (QED) is 0.699. The molecule has 0 aliphatic carbocycles. The van der Waals surface area contributed by atoms with E-state index in [1.54, 1.807) is 30.3 Å². The van der Waals surface area contributed by atoms with E-state index in [0.29, 0.717) is 11.3 Å². The Morgan fingerprint density at radius 2 is 1.83 bits per heavy atom. The van der Waals surface area contributed by atoms with Crippen molar-refractivity contribution in [3.05, 3.63) is 59.7 Å². The first-order chi connectivity index (χ1) is 13.8. The lowest BCUT2D eigenvalue weighted by atomic mass is 10.1. The maximum Gasteiger partial charge on any atom is 0.331 e. The summed E-state index contributed by atoms with van der Waals surface area (Å²) in [5.74, 6) is -1.14. The van der Waals surface area contributed by atoms with Gasteiger partial charge in [-0.15, -0.1) is 0 Å². The second-order valence-corrected chi connectivity index (χ2v) is 8.11. The van der Waals surface area contributed by atoms with Gasteiger partial charge in [-0.05, 0) is 43.2 Å². The number of ether oxygens (including phenoxy) is 1. The number of carbonyl (C=O) groups is 2. The van der Waals surface area contributed by atoms with E-state index in [1.165, 1.54) is 13.0 Å². The minimum atomic E-state index is -3.69. The van der Waals surface area contributed by atoms with Crippen LogP contribution in [0.5, 0.6) is 0 Å². The molecule has 1 aliphatic rings. The van der Waals surface area contributed by atoms with Gasteiger partial charge in [-0.1, -0.05) is 31.2 Å². The Morgan fingerprint density at radius 3 is 2.52 bits per heavy atom. The molecule has 0 unspecified atom stereocenters. The number of anilines is 1. The van der Waals surface area contributed by atoms with Crippen LogP contribution in [0.15, 0.2) is 58.4 Å². The topological polar surface area (TPSA) is 114 Å². The van der Waals surface area contributed by atoms with Gasteiger partial charge in [-0.25, -0.2) is 13.2 Å². The Morgan fingerprint density at radius 1 is 1.14 bits per heavy atom. The first-order valence-corrected chi connectivity index (χ1v) is 10.5. The van der Waals surface area contributed by atoms with Crippen molar-refractivity contribution in [3.63, 3.8) is 0 Å². The van der Waals surface area contributed by atoms with E-state index in [0.717, 1.165) is 12.0 Å². The van der Waals surface area contributed by atoms with Crippen LogP contribution in [0.2, 0.25) is 0 Å². The SMILES string of the molecule is CCc1ccc(NC(=O)COC(=O)[C@H](C)N=C2NS(=O)(=O)c3ccccc32)cc1. The summed E-state index contributed by atoms with van der Waals surface area (Å²) < 4.78 is 31.5. The number of rotatable bonds is 6. The molecule has 0 spiro atoms. The molecule has 8 nitrogen and oxygen atoms in total. The zero-order chi connectivity index (χ0) is 21.0. The lowest BCUT2D eigenvalue weighted by molar-refractivity contribution is -0.148. The predicted octanol–water partition coefficient (Wildman–Crippen LogP) is 1.86. The average molecular weight is 415 g/mol. The number of esters is 1. The van der Waals surface area contributed by atoms with E-state index in [9.17, 15) is 18.0 Å². The van der Waals surface area contributed by atoms with E-state index in [4.69, 9.17) is 4.74 Å². The van der Waals surface area contributed by atoms with E-state index >= 15 is 0 Å². The lowest BCUT2D eigenvalue weighted by Crippen LogP contribution is -2.28. The fourth-order valence-corrected chi connectivity index (χ4v) is 3.99. The van der Waals surface area contributed by atoms with Crippen LogP contribution in [0.1, 0.15) is 25.0 Å². The van der Waals surface area contributed by atoms with Crippen molar-refractivity contribution in [1.29, 1.82) is 0 Å². The number of aryl methyl sites for hydroxylation is 1. The number of aliphatic imine (C=N–C) groups is 1. The summed E-state index contributed by atoms with van der Waals surface area (Å²) in [7, 11) is -3.69. The van der Waals surface area contributed by atoms with Gasteiger partial charge in [0.2, 0.25) is 0 Å². The van der Waals surface area contributed by atoms with Crippen molar-refractivity contribution in [2.45, 2.75) is 31.2 Å². The summed E-state index contributed by atoms with van der Waals surface area (Å²) in [5, 5.41) is 2.64. The Hall–Kier alpha value is -3.20. The third kappa shape index (κ3) is 4.80. The highest BCUT2D eigenvalue weighted by Crippen LogP contribution is 2.22.